The molecule has 0 bridgehead atoms. The van der Waals surface area contributed by atoms with Crippen molar-refractivity contribution in [1.29, 1.82) is 0 Å². The van der Waals surface area contributed by atoms with Gasteiger partial charge in [-0.05, 0) is 6.55 Å². The Bertz CT molecular complexity index is 212. The van der Waals surface area contributed by atoms with Crippen molar-refractivity contribution in [3.8, 4) is 0 Å². The SMILES string of the molecule is C[Si](C)(C)/C=C(\[Si](C)(C)C)[Si](C)(Cl)Cl. The Hall–Kier alpha value is 0.971. The molecule has 0 unspecified atom stereocenters. The molecule has 0 saturated carbocycles. The van der Waals surface area contributed by atoms with Gasteiger partial charge in [0.15, 0.2) is 0 Å². The molecular formula is C9H22Cl2Si3. The zero-order valence-corrected chi connectivity index (χ0v) is 14.8. The van der Waals surface area contributed by atoms with Crippen LogP contribution in [0.2, 0.25) is 45.8 Å². The standard InChI is InChI=1S/C9H22Cl2Si3/c1-12(2,3)8-9(13(4,5)6)14(7,10)11/h8H,1-7H3/b9-8+. The van der Waals surface area contributed by atoms with Gasteiger partial charge in [0.2, 0.25) is 0 Å². The molecule has 0 heterocycles. The van der Waals surface area contributed by atoms with E-state index in [9.17, 15) is 0 Å². The van der Waals surface area contributed by atoms with Gasteiger partial charge in [-0.25, -0.2) is 0 Å². The van der Waals surface area contributed by atoms with Crippen LogP contribution in [0.1, 0.15) is 0 Å². The normalized spacial score (nSPS) is 15.9. The Morgan fingerprint density at radius 2 is 1.21 bits per heavy atom. The zero-order valence-electron chi connectivity index (χ0n) is 10.3. The van der Waals surface area contributed by atoms with Gasteiger partial charge in [-0.3, -0.25) is 0 Å². The van der Waals surface area contributed by atoms with Gasteiger partial charge in [-0.1, -0.05) is 44.1 Å². The van der Waals surface area contributed by atoms with Gasteiger partial charge in [0.1, 0.15) is 0 Å². The van der Waals surface area contributed by atoms with Gasteiger partial charge in [-0.2, -0.15) is 0 Å². The van der Waals surface area contributed by atoms with Crippen LogP contribution in [0, 0.1) is 0 Å². The first-order chi connectivity index (χ1) is 5.84. The highest BCUT2D eigenvalue weighted by Gasteiger charge is 2.37. The quantitative estimate of drug-likeness (QED) is 0.518. The minimum Gasteiger partial charge on any atom is -0.141 e. The molecule has 0 aromatic carbocycles. The summed E-state index contributed by atoms with van der Waals surface area (Å²) in [4.78, 5) is 1.42. The Labute approximate surface area is 101 Å². The van der Waals surface area contributed by atoms with Crippen molar-refractivity contribution in [3.63, 3.8) is 0 Å². The summed E-state index contributed by atoms with van der Waals surface area (Å²) in [7, 11) is -2.54. The summed E-state index contributed by atoms with van der Waals surface area (Å²) in [6.45, 7) is 13.9. The average Bonchev–Trinajstić information content (AvgIpc) is 1.75. The summed E-state index contributed by atoms with van der Waals surface area (Å²) in [5, 5.41) is 0. The van der Waals surface area contributed by atoms with E-state index in [1.165, 1.54) is 4.82 Å². The molecule has 14 heavy (non-hydrogen) atoms. The highest BCUT2D eigenvalue weighted by atomic mass is 35.7. The molecule has 84 valence electrons. The lowest BCUT2D eigenvalue weighted by atomic mass is 11.2. The van der Waals surface area contributed by atoms with Gasteiger partial charge < -0.3 is 0 Å². The van der Waals surface area contributed by atoms with Crippen molar-refractivity contribution in [2.45, 2.75) is 45.8 Å². The number of hydrogen-bond acceptors (Lipinski definition) is 0. The van der Waals surface area contributed by atoms with Gasteiger partial charge >= 0.3 is 0 Å². The lowest BCUT2D eigenvalue weighted by Gasteiger charge is -2.30. The van der Waals surface area contributed by atoms with E-state index in [0.717, 1.165) is 0 Å². The van der Waals surface area contributed by atoms with Crippen LogP contribution in [0.25, 0.3) is 0 Å². The molecule has 5 heteroatoms. The fraction of sp³-hybridized carbons (Fsp3) is 0.778. The molecule has 0 fully saturated rings. The molecule has 0 nitrogen and oxygen atoms in total. The van der Waals surface area contributed by atoms with E-state index < -0.39 is 22.8 Å². The molecule has 0 aliphatic heterocycles. The second kappa shape index (κ2) is 4.45. The molecule has 0 N–H and O–H groups in total. The molecule has 0 atom stereocenters. The summed E-state index contributed by atoms with van der Waals surface area (Å²) < 4.78 is 0. The van der Waals surface area contributed by atoms with Crippen LogP contribution in [-0.2, 0) is 0 Å². The van der Waals surface area contributed by atoms with Gasteiger partial charge in [-0.15, -0.1) is 27.9 Å². The largest absolute Gasteiger partial charge is 0.269 e. The van der Waals surface area contributed by atoms with Gasteiger partial charge in [0, 0.05) is 0 Å². The van der Waals surface area contributed by atoms with Crippen LogP contribution in [0.15, 0.2) is 10.5 Å². The molecule has 0 aromatic rings. The summed E-state index contributed by atoms with van der Waals surface area (Å²) in [5.41, 5.74) is 2.44. The first-order valence-corrected chi connectivity index (χ1v) is 16.6. The molecule has 0 spiro atoms. The van der Waals surface area contributed by atoms with E-state index in [-0.39, 0.29) is 0 Å². The molecular weight excluding hydrogens is 263 g/mol. The Morgan fingerprint density at radius 3 is 1.29 bits per heavy atom. The fourth-order valence-electron chi connectivity index (χ4n) is 1.43. The Kier molecular flexibility index (Phi) is 4.76. The average molecular weight is 285 g/mol. The van der Waals surface area contributed by atoms with Crippen molar-refractivity contribution in [2.75, 3.05) is 0 Å². The maximum Gasteiger partial charge on any atom is 0.269 e. The smallest absolute Gasteiger partial charge is 0.141 e. The number of hydrogen-bond donors (Lipinski definition) is 0. The molecule has 0 radical (unpaired) electrons. The van der Waals surface area contributed by atoms with Crippen molar-refractivity contribution >= 4 is 45.0 Å². The predicted octanol–water partition coefficient (Wildman–Crippen LogP) is 4.76. The summed E-state index contributed by atoms with van der Waals surface area (Å²) >= 11 is 12.8. The fourth-order valence-corrected chi connectivity index (χ4v) is 19.0. The first-order valence-electron chi connectivity index (χ1n) is 4.96. The van der Waals surface area contributed by atoms with Crippen LogP contribution in [0.4, 0.5) is 0 Å². The third-order valence-corrected chi connectivity index (χ3v) is 12.4. The molecule has 0 saturated heterocycles. The van der Waals surface area contributed by atoms with Crippen molar-refractivity contribution in [2.24, 2.45) is 0 Å². The molecule has 0 amide bonds. The van der Waals surface area contributed by atoms with Crippen molar-refractivity contribution in [1.82, 2.24) is 0 Å². The summed E-state index contributed by atoms with van der Waals surface area (Å²) in [6, 6.07) is 0. The van der Waals surface area contributed by atoms with E-state index in [4.69, 9.17) is 22.2 Å². The molecule has 0 aliphatic carbocycles. The topological polar surface area (TPSA) is 0 Å². The van der Waals surface area contributed by atoms with Crippen LogP contribution in [0.3, 0.4) is 0 Å². The van der Waals surface area contributed by atoms with Gasteiger partial charge in [0.05, 0.1) is 16.1 Å². The van der Waals surface area contributed by atoms with Crippen LogP contribution in [0.5, 0.6) is 0 Å². The third kappa shape index (κ3) is 5.76. The van der Waals surface area contributed by atoms with E-state index in [1.54, 1.807) is 0 Å². The maximum absolute atomic E-state index is 6.38. The van der Waals surface area contributed by atoms with Crippen molar-refractivity contribution < 1.29 is 0 Å². The van der Waals surface area contributed by atoms with Crippen LogP contribution >= 0.6 is 22.2 Å². The summed E-state index contributed by atoms with van der Waals surface area (Å²) in [6.07, 6.45) is 0. The number of halogens is 2. The monoisotopic (exact) mass is 284 g/mol. The minimum atomic E-state index is -2.13. The van der Waals surface area contributed by atoms with E-state index in [1.807, 2.05) is 6.55 Å². The second-order valence-electron chi connectivity index (χ2n) is 6.06. The van der Waals surface area contributed by atoms with E-state index in [0.29, 0.717) is 0 Å². The first kappa shape index (κ1) is 15.0. The van der Waals surface area contributed by atoms with Crippen LogP contribution < -0.4 is 0 Å². The molecule has 0 aromatic heterocycles. The predicted molar refractivity (Wildman–Crippen MR) is 78.1 cm³/mol. The minimum absolute atomic E-state index is 1.20. The Balaban J connectivity index is 5.26. The van der Waals surface area contributed by atoms with Gasteiger partial charge in [0.25, 0.3) is 6.69 Å². The Morgan fingerprint density at radius 1 is 0.857 bits per heavy atom. The maximum atomic E-state index is 6.38. The molecule has 0 rings (SSSR count). The second-order valence-corrected chi connectivity index (χ2v) is 24.1. The highest BCUT2D eigenvalue weighted by Crippen LogP contribution is 2.32. The van der Waals surface area contributed by atoms with E-state index >= 15 is 0 Å². The zero-order chi connectivity index (χ0) is 11.8. The van der Waals surface area contributed by atoms with Crippen molar-refractivity contribution in [3.05, 3.63) is 10.5 Å². The lowest BCUT2D eigenvalue weighted by Crippen LogP contribution is -2.39. The van der Waals surface area contributed by atoms with Crippen LogP contribution in [-0.4, -0.2) is 22.8 Å². The number of rotatable bonds is 3. The summed E-state index contributed by atoms with van der Waals surface area (Å²) in [5.74, 6) is 0. The lowest BCUT2D eigenvalue weighted by molar-refractivity contribution is 1.68. The highest BCUT2D eigenvalue weighted by molar-refractivity contribution is 7.51. The van der Waals surface area contributed by atoms with E-state index in [2.05, 4.69) is 45.0 Å². The third-order valence-electron chi connectivity index (χ3n) is 1.86. The molecule has 0 aliphatic rings.